The van der Waals surface area contributed by atoms with Crippen LogP contribution in [0.1, 0.15) is 27.0 Å². The summed E-state index contributed by atoms with van der Waals surface area (Å²) in [4.78, 5) is 19.4. The van der Waals surface area contributed by atoms with E-state index in [9.17, 15) is 4.79 Å². The standard InChI is InChI=1S/C25H24N4O/c1-18-11-12-21(19(2)14-18)16-28(3)25(30)23-17-29(22-9-5-4-6-10-22)27-24(23)20-8-7-13-26-15-20/h4-15,17H,16H2,1-3H3. The Morgan fingerprint density at radius 2 is 1.83 bits per heavy atom. The lowest BCUT2D eigenvalue weighted by molar-refractivity contribution is 0.0785. The lowest BCUT2D eigenvalue weighted by atomic mass is 10.0. The molecule has 2 aromatic carbocycles. The van der Waals surface area contributed by atoms with E-state index in [0.717, 1.165) is 16.8 Å². The van der Waals surface area contributed by atoms with Crippen molar-refractivity contribution in [3.8, 4) is 16.9 Å². The topological polar surface area (TPSA) is 51.0 Å². The molecule has 0 N–H and O–H groups in total. The molecule has 0 bridgehead atoms. The average Bonchev–Trinajstić information content (AvgIpc) is 3.22. The van der Waals surface area contributed by atoms with Crippen LogP contribution in [0.3, 0.4) is 0 Å². The Morgan fingerprint density at radius 1 is 1.03 bits per heavy atom. The molecular formula is C25H24N4O. The molecule has 5 nitrogen and oxygen atoms in total. The summed E-state index contributed by atoms with van der Waals surface area (Å²) in [5.74, 6) is -0.0731. The molecule has 0 unspecified atom stereocenters. The van der Waals surface area contributed by atoms with Gasteiger partial charge in [0, 0.05) is 37.7 Å². The van der Waals surface area contributed by atoms with Gasteiger partial charge in [-0.25, -0.2) is 4.68 Å². The first-order valence-electron chi connectivity index (χ1n) is 9.90. The summed E-state index contributed by atoms with van der Waals surface area (Å²) >= 11 is 0. The van der Waals surface area contributed by atoms with Crippen molar-refractivity contribution in [3.05, 3.63) is 102 Å². The van der Waals surface area contributed by atoms with Gasteiger partial charge in [-0.15, -0.1) is 0 Å². The highest BCUT2D eigenvalue weighted by Crippen LogP contribution is 2.25. The number of aromatic nitrogens is 3. The second kappa shape index (κ2) is 8.33. The van der Waals surface area contributed by atoms with Crippen LogP contribution in [0.4, 0.5) is 0 Å². The third-order valence-corrected chi connectivity index (χ3v) is 5.15. The van der Waals surface area contributed by atoms with E-state index in [-0.39, 0.29) is 5.91 Å². The minimum atomic E-state index is -0.0731. The molecule has 0 spiro atoms. The van der Waals surface area contributed by atoms with Crippen LogP contribution in [0.2, 0.25) is 0 Å². The highest BCUT2D eigenvalue weighted by atomic mass is 16.2. The summed E-state index contributed by atoms with van der Waals surface area (Å²) in [6.45, 7) is 4.69. The van der Waals surface area contributed by atoms with Crippen molar-refractivity contribution in [3.63, 3.8) is 0 Å². The summed E-state index contributed by atoms with van der Waals surface area (Å²) in [6, 6.07) is 19.9. The fourth-order valence-corrected chi connectivity index (χ4v) is 3.52. The summed E-state index contributed by atoms with van der Waals surface area (Å²) in [5.41, 5.74) is 6.43. The van der Waals surface area contributed by atoms with Gasteiger partial charge in [-0.05, 0) is 49.2 Å². The number of rotatable bonds is 5. The molecule has 0 radical (unpaired) electrons. The first-order chi connectivity index (χ1) is 14.5. The maximum Gasteiger partial charge on any atom is 0.257 e. The molecule has 4 aromatic rings. The highest BCUT2D eigenvalue weighted by molar-refractivity contribution is 5.99. The van der Waals surface area contributed by atoms with E-state index >= 15 is 0 Å². The first kappa shape index (κ1) is 19.6. The summed E-state index contributed by atoms with van der Waals surface area (Å²) < 4.78 is 1.75. The number of carbonyl (C=O) groups is 1. The molecule has 150 valence electrons. The van der Waals surface area contributed by atoms with Crippen LogP contribution >= 0.6 is 0 Å². The number of hydrogen-bond donors (Lipinski definition) is 0. The van der Waals surface area contributed by atoms with Crippen LogP contribution < -0.4 is 0 Å². The van der Waals surface area contributed by atoms with Crippen LogP contribution in [0.15, 0.2) is 79.3 Å². The predicted molar refractivity (Wildman–Crippen MR) is 119 cm³/mol. The van der Waals surface area contributed by atoms with E-state index in [0.29, 0.717) is 17.8 Å². The normalized spacial score (nSPS) is 10.8. The van der Waals surface area contributed by atoms with Crippen LogP contribution in [-0.4, -0.2) is 32.6 Å². The van der Waals surface area contributed by atoms with E-state index < -0.39 is 0 Å². The molecule has 1 amide bonds. The Balaban J connectivity index is 1.71. The van der Waals surface area contributed by atoms with E-state index in [1.54, 1.807) is 28.2 Å². The van der Waals surface area contributed by atoms with Gasteiger partial charge in [-0.2, -0.15) is 5.10 Å². The van der Waals surface area contributed by atoms with Crippen molar-refractivity contribution in [2.45, 2.75) is 20.4 Å². The molecule has 0 aliphatic heterocycles. The molecule has 30 heavy (non-hydrogen) atoms. The largest absolute Gasteiger partial charge is 0.337 e. The molecule has 2 heterocycles. The zero-order chi connectivity index (χ0) is 21.1. The molecule has 5 heteroatoms. The monoisotopic (exact) mass is 396 g/mol. The molecule has 0 fully saturated rings. The Bertz CT molecular complexity index is 1170. The van der Waals surface area contributed by atoms with Crippen molar-refractivity contribution in [2.24, 2.45) is 0 Å². The number of amides is 1. The second-order valence-electron chi connectivity index (χ2n) is 7.50. The van der Waals surface area contributed by atoms with Crippen LogP contribution in [0.5, 0.6) is 0 Å². The quantitative estimate of drug-likeness (QED) is 0.486. The SMILES string of the molecule is Cc1ccc(CN(C)C(=O)c2cn(-c3ccccc3)nc2-c2cccnc2)c(C)c1. The van der Waals surface area contributed by atoms with Crippen molar-refractivity contribution < 1.29 is 4.79 Å². The predicted octanol–water partition coefficient (Wildman–Crippen LogP) is 4.82. The third-order valence-electron chi connectivity index (χ3n) is 5.15. The van der Waals surface area contributed by atoms with Gasteiger partial charge in [-0.1, -0.05) is 42.0 Å². The minimum Gasteiger partial charge on any atom is -0.337 e. The van der Waals surface area contributed by atoms with Gasteiger partial charge in [0.2, 0.25) is 0 Å². The van der Waals surface area contributed by atoms with Crippen molar-refractivity contribution in [1.82, 2.24) is 19.7 Å². The Hall–Kier alpha value is -3.73. The second-order valence-corrected chi connectivity index (χ2v) is 7.50. The smallest absolute Gasteiger partial charge is 0.257 e. The van der Waals surface area contributed by atoms with Crippen LogP contribution in [-0.2, 0) is 6.54 Å². The average molecular weight is 396 g/mol. The van der Waals surface area contributed by atoms with Gasteiger partial charge in [-0.3, -0.25) is 9.78 Å². The number of benzene rings is 2. The molecule has 0 atom stereocenters. The fourth-order valence-electron chi connectivity index (χ4n) is 3.52. The molecular weight excluding hydrogens is 372 g/mol. The van der Waals surface area contributed by atoms with Crippen LogP contribution in [0, 0.1) is 13.8 Å². The number of hydrogen-bond acceptors (Lipinski definition) is 3. The van der Waals surface area contributed by atoms with E-state index in [1.807, 2.05) is 49.5 Å². The Labute approximate surface area is 176 Å². The van der Waals surface area contributed by atoms with Crippen molar-refractivity contribution in [1.29, 1.82) is 0 Å². The zero-order valence-electron chi connectivity index (χ0n) is 17.4. The maximum absolute atomic E-state index is 13.4. The molecule has 0 aliphatic carbocycles. The van der Waals surface area contributed by atoms with Gasteiger partial charge >= 0.3 is 0 Å². The van der Waals surface area contributed by atoms with Crippen LogP contribution in [0.25, 0.3) is 16.9 Å². The highest BCUT2D eigenvalue weighted by Gasteiger charge is 2.22. The minimum absolute atomic E-state index is 0.0731. The lowest BCUT2D eigenvalue weighted by Gasteiger charge is -2.18. The third kappa shape index (κ3) is 4.01. The van der Waals surface area contributed by atoms with Gasteiger partial charge in [0.25, 0.3) is 5.91 Å². The van der Waals surface area contributed by atoms with Gasteiger partial charge in [0.05, 0.1) is 11.3 Å². The van der Waals surface area contributed by atoms with E-state index in [1.165, 1.54) is 11.1 Å². The molecule has 0 saturated heterocycles. The van der Waals surface area contributed by atoms with Crippen molar-refractivity contribution >= 4 is 5.91 Å². The number of nitrogens with zero attached hydrogens (tertiary/aromatic N) is 4. The lowest BCUT2D eigenvalue weighted by Crippen LogP contribution is -2.26. The summed E-state index contributed by atoms with van der Waals surface area (Å²) in [7, 11) is 1.83. The molecule has 0 saturated carbocycles. The van der Waals surface area contributed by atoms with E-state index in [2.05, 4.69) is 37.0 Å². The number of carbonyl (C=O) groups excluding carboxylic acids is 1. The number of pyridine rings is 1. The number of aryl methyl sites for hydroxylation is 2. The Kier molecular flexibility index (Phi) is 5.44. The molecule has 4 rings (SSSR count). The maximum atomic E-state index is 13.4. The van der Waals surface area contributed by atoms with Crippen molar-refractivity contribution in [2.75, 3.05) is 7.05 Å². The summed E-state index contributed by atoms with van der Waals surface area (Å²) in [5, 5.41) is 4.72. The van der Waals surface area contributed by atoms with E-state index in [4.69, 9.17) is 5.10 Å². The Morgan fingerprint density at radius 3 is 2.53 bits per heavy atom. The zero-order valence-corrected chi connectivity index (χ0v) is 17.4. The summed E-state index contributed by atoms with van der Waals surface area (Å²) in [6.07, 6.45) is 5.25. The molecule has 0 aliphatic rings. The fraction of sp³-hybridized carbons (Fsp3) is 0.160. The molecule has 2 aromatic heterocycles. The van der Waals surface area contributed by atoms with Gasteiger partial charge < -0.3 is 4.90 Å². The van der Waals surface area contributed by atoms with Gasteiger partial charge in [0.1, 0.15) is 5.69 Å². The first-order valence-corrected chi connectivity index (χ1v) is 9.90. The van der Waals surface area contributed by atoms with Gasteiger partial charge in [0.15, 0.2) is 0 Å². The number of para-hydroxylation sites is 1.